The molecule has 1 aliphatic rings. The second-order valence-corrected chi connectivity index (χ2v) is 9.79. The van der Waals surface area contributed by atoms with Crippen LogP contribution in [0.3, 0.4) is 0 Å². The minimum Gasteiger partial charge on any atom is -0.366 e. The molecule has 196 valence electrons. The van der Waals surface area contributed by atoms with Crippen LogP contribution in [-0.2, 0) is 4.79 Å². The van der Waals surface area contributed by atoms with E-state index in [0.717, 1.165) is 67.8 Å². The van der Waals surface area contributed by atoms with Crippen LogP contribution in [0.1, 0.15) is 35.3 Å². The summed E-state index contributed by atoms with van der Waals surface area (Å²) in [6, 6.07) is 10.9. The first kappa shape index (κ1) is 26.4. The number of carbonyl (C=O) groups excluding carboxylic acids is 2. The van der Waals surface area contributed by atoms with E-state index in [1.54, 1.807) is 17.6 Å². The van der Waals surface area contributed by atoms with Crippen molar-refractivity contribution >= 4 is 41.0 Å². The van der Waals surface area contributed by atoms with Crippen LogP contribution < -0.4 is 21.4 Å². The molecule has 1 aromatic carbocycles. The minimum absolute atomic E-state index is 0.328. The maximum Gasteiger partial charge on any atom is 0.248 e. The van der Waals surface area contributed by atoms with E-state index < -0.39 is 5.91 Å². The SMILES string of the molecule is Cc1cc(Nc2cc(N3CCN(CCCCC(=O)NO)CC3)nc(Sc3ccc(C(N)=O)cc3)n2)[nH]n1. The largest absolute Gasteiger partial charge is 0.366 e. The number of aryl methyl sites for hydroxylation is 1. The number of carbonyl (C=O) groups is 2. The summed E-state index contributed by atoms with van der Waals surface area (Å²) in [7, 11) is 0. The van der Waals surface area contributed by atoms with Crippen molar-refractivity contribution in [2.45, 2.75) is 36.2 Å². The zero-order valence-electron chi connectivity index (χ0n) is 20.6. The number of unbranched alkanes of at least 4 members (excludes halogenated alkanes) is 1. The summed E-state index contributed by atoms with van der Waals surface area (Å²) in [5.74, 6) is 1.40. The summed E-state index contributed by atoms with van der Waals surface area (Å²) < 4.78 is 0. The smallest absolute Gasteiger partial charge is 0.248 e. The van der Waals surface area contributed by atoms with Gasteiger partial charge in [0.05, 0.1) is 5.69 Å². The zero-order chi connectivity index (χ0) is 26.2. The lowest BCUT2D eigenvalue weighted by Crippen LogP contribution is -2.47. The Hall–Kier alpha value is -3.68. The molecule has 0 unspecified atom stereocenters. The first-order chi connectivity index (χ1) is 17.9. The van der Waals surface area contributed by atoms with E-state index in [1.165, 1.54) is 11.8 Å². The normalized spacial score (nSPS) is 13.9. The van der Waals surface area contributed by atoms with Gasteiger partial charge >= 0.3 is 0 Å². The van der Waals surface area contributed by atoms with Gasteiger partial charge in [-0.3, -0.25) is 24.8 Å². The van der Waals surface area contributed by atoms with Crippen molar-refractivity contribution in [1.29, 1.82) is 0 Å². The molecule has 0 bridgehead atoms. The molecule has 13 heteroatoms. The molecule has 12 nitrogen and oxygen atoms in total. The molecule has 0 atom stereocenters. The van der Waals surface area contributed by atoms with Crippen molar-refractivity contribution < 1.29 is 14.8 Å². The molecule has 0 spiro atoms. The molecule has 3 aromatic rings. The molecular formula is C24H31N9O3S. The number of anilines is 3. The van der Waals surface area contributed by atoms with Crippen LogP contribution in [0.25, 0.3) is 0 Å². The third-order valence-corrected chi connectivity index (χ3v) is 6.83. The average Bonchev–Trinajstić information content (AvgIpc) is 3.31. The van der Waals surface area contributed by atoms with Crippen LogP contribution in [0.15, 0.2) is 46.5 Å². The molecule has 3 heterocycles. The van der Waals surface area contributed by atoms with Crippen molar-refractivity contribution in [2.75, 3.05) is 42.9 Å². The Morgan fingerprint density at radius 3 is 2.51 bits per heavy atom. The van der Waals surface area contributed by atoms with Crippen LogP contribution in [0.2, 0.25) is 0 Å². The van der Waals surface area contributed by atoms with Gasteiger partial charge in [-0.15, -0.1) is 0 Å². The number of rotatable bonds is 11. The van der Waals surface area contributed by atoms with Crippen LogP contribution in [-0.4, -0.2) is 74.8 Å². The Morgan fingerprint density at radius 2 is 1.86 bits per heavy atom. The van der Waals surface area contributed by atoms with Crippen molar-refractivity contribution in [3.8, 4) is 0 Å². The highest BCUT2D eigenvalue weighted by Gasteiger charge is 2.20. The molecule has 1 saturated heterocycles. The number of nitrogens with one attached hydrogen (secondary N) is 3. The molecule has 0 aliphatic carbocycles. The molecular weight excluding hydrogens is 494 g/mol. The molecule has 2 amide bonds. The van der Waals surface area contributed by atoms with Crippen molar-refractivity contribution in [1.82, 2.24) is 30.5 Å². The van der Waals surface area contributed by atoms with Gasteiger partial charge in [0.15, 0.2) is 5.16 Å². The van der Waals surface area contributed by atoms with E-state index >= 15 is 0 Å². The Balaban J connectivity index is 1.44. The fourth-order valence-corrected chi connectivity index (χ4v) is 4.74. The van der Waals surface area contributed by atoms with Gasteiger partial charge in [0.1, 0.15) is 17.5 Å². The van der Waals surface area contributed by atoms with E-state index in [-0.39, 0.29) is 5.91 Å². The maximum atomic E-state index is 11.4. The molecule has 0 radical (unpaired) electrons. The lowest BCUT2D eigenvalue weighted by atomic mass is 10.2. The number of hydrogen-bond donors (Lipinski definition) is 5. The number of piperazine rings is 1. The summed E-state index contributed by atoms with van der Waals surface area (Å²) in [5, 5.41) is 19.6. The first-order valence-corrected chi connectivity index (χ1v) is 12.9. The average molecular weight is 526 g/mol. The number of nitrogens with two attached hydrogens (primary N) is 1. The molecule has 37 heavy (non-hydrogen) atoms. The Morgan fingerprint density at radius 1 is 1.11 bits per heavy atom. The van der Waals surface area contributed by atoms with Crippen LogP contribution in [0, 0.1) is 6.92 Å². The number of hydrogen-bond acceptors (Lipinski definition) is 10. The number of aromatic amines is 1. The lowest BCUT2D eigenvalue weighted by molar-refractivity contribution is -0.129. The van der Waals surface area contributed by atoms with Gasteiger partial charge in [-0.05, 0) is 62.3 Å². The summed E-state index contributed by atoms with van der Waals surface area (Å²) in [6.45, 7) is 6.21. The number of aromatic nitrogens is 4. The minimum atomic E-state index is -0.467. The summed E-state index contributed by atoms with van der Waals surface area (Å²) in [5.41, 5.74) is 8.35. The fourth-order valence-electron chi connectivity index (χ4n) is 3.98. The van der Waals surface area contributed by atoms with E-state index in [9.17, 15) is 9.59 Å². The third-order valence-electron chi connectivity index (χ3n) is 5.96. The van der Waals surface area contributed by atoms with Crippen molar-refractivity contribution in [2.24, 2.45) is 5.73 Å². The van der Waals surface area contributed by atoms with Gasteiger partial charge in [0.2, 0.25) is 11.8 Å². The van der Waals surface area contributed by atoms with Gasteiger partial charge in [-0.2, -0.15) is 5.10 Å². The highest BCUT2D eigenvalue weighted by Crippen LogP contribution is 2.29. The number of hydroxylamine groups is 1. The van der Waals surface area contributed by atoms with Gasteiger partial charge in [0, 0.05) is 55.2 Å². The molecule has 4 rings (SSSR count). The maximum absolute atomic E-state index is 11.4. The van der Waals surface area contributed by atoms with Crippen molar-refractivity contribution in [3.05, 3.63) is 47.7 Å². The Bertz CT molecular complexity index is 1210. The highest BCUT2D eigenvalue weighted by atomic mass is 32.2. The highest BCUT2D eigenvalue weighted by molar-refractivity contribution is 7.99. The van der Waals surface area contributed by atoms with E-state index in [2.05, 4.69) is 30.3 Å². The van der Waals surface area contributed by atoms with Crippen LogP contribution >= 0.6 is 11.8 Å². The second-order valence-electron chi connectivity index (χ2n) is 8.75. The van der Waals surface area contributed by atoms with E-state index in [1.807, 2.05) is 31.2 Å². The number of nitrogens with zero attached hydrogens (tertiary/aromatic N) is 5. The summed E-state index contributed by atoms with van der Waals surface area (Å²) in [4.78, 5) is 37.6. The topological polar surface area (TPSA) is 165 Å². The second kappa shape index (κ2) is 12.5. The number of H-pyrrole nitrogens is 1. The molecule has 2 aromatic heterocycles. The monoisotopic (exact) mass is 525 g/mol. The van der Waals surface area contributed by atoms with Crippen molar-refractivity contribution in [3.63, 3.8) is 0 Å². The predicted octanol–water partition coefficient (Wildman–Crippen LogP) is 2.30. The van der Waals surface area contributed by atoms with Gasteiger partial charge < -0.3 is 16.0 Å². The number of primary amides is 1. The standard InChI is InChI=1S/C24H31N9O3S/c1-16-14-20(30-29-16)26-19-15-21(28-24(27-19)37-18-7-5-17(6-8-18)23(25)35)33-12-10-32(11-13-33)9-3-2-4-22(34)31-36/h5-8,14-15,36H,2-4,9-13H2,1H3,(H2,25,35)(H,31,34)(H2,26,27,28,29,30). The van der Waals surface area contributed by atoms with E-state index in [4.69, 9.17) is 15.9 Å². The number of amides is 2. The summed E-state index contributed by atoms with van der Waals surface area (Å²) >= 11 is 1.41. The summed E-state index contributed by atoms with van der Waals surface area (Å²) in [6.07, 6.45) is 1.96. The predicted molar refractivity (Wildman–Crippen MR) is 140 cm³/mol. The van der Waals surface area contributed by atoms with Crippen LogP contribution in [0.4, 0.5) is 17.5 Å². The van der Waals surface area contributed by atoms with E-state index in [0.29, 0.717) is 23.0 Å². The molecule has 1 aliphatic heterocycles. The fraction of sp³-hybridized carbons (Fsp3) is 0.375. The Labute approximate surface area is 219 Å². The third kappa shape index (κ3) is 7.65. The molecule has 6 N–H and O–H groups in total. The lowest BCUT2D eigenvalue weighted by Gasteiger charge is -2.35. The Kier molecular flexibility index (Phi) is 8.93. The zero-order valence-corrected chi connectivity index (χ0v) is 21.4. The van der Waals surface area contributed by atoms with Gasteiger partial charge in [-0.1, -0.05) is 0 Å². The van der Waals surface area contributed by atoms with Gasteiger partial charge in [-0.25, -0.2) is 15.4 Å². The first-order valence-electron chi connectivity index (χ1n) is 12.1. The number of benzene rings is 1. The van der Waals surface area contributed by atoms with Crippen LogP contribution in [0.5, 0.6) is 0 Å². The molecule has 1 fully saturated rings. The van der Waals surface area contributed by atoms with Gasteiger partial charge in [0.25, 0.3) is 0 Å². The molecule has 0 saturated carbocycles. The quantitative estimate of drug-likeness (QED) is 0.108.